The second kappa shape index (κ2) is 4.84. The van der Waals surface area contributed by atoms with Gasteiger partial charge >= 0.3 is 11.8 Å². The Balaban J connectivity index is 2.27. The second-order valence-corrected chi connectivity index (χ2v) is 5.38. The lowest BCUT2D eigenvalue weighted by Crippen LogP contribution is -2.18. The Labute approximate surface area is 112 Å². The fourth-order valence-electron chi connectivity index (χ4n) is 1.81. The molecule has 19 heavy (non-hydrogen) atoms. The number of aryl methyl sites for hydroxylation is 1. The zero-order valence-electron chi connectivity index (χ0n) is 11.5. The first-order chi connectivity index (χ1) is 8.88. The van der Waals surface area contributed by atoms with Crippen LogP contribution in [0.15, 0.2) is 28.7 Å². The van der Waals surface area contributed by atoms with Crippen LogP contribution in [0.25, 0.3) is 0 Å². The largest absolute Gasteiger partial charge is 0.417 e. The van der Waals surface area contributed by atoms with Crippen molar-refractivity contribution in [3.05, 3.63) is 41.6 Å². The number of hydrogen-bond donors (Lipinski definition) is 1. The van der Waals surface area contributed by atoms with Gasteiger partial charge in [-0.25, -0.2) is 0 Å². The van der Waals surface area contributed by atoms with Crippen LogP contribution in [0, 0.1) is 6.92 Å². The lowest BCUT2D eigenvalue weighted by atomic mass is 9.86. The third-order valence-corrected chi connectivity index (χ3v) is 2.70. The molecule has 1 heterocycles. The number of benzene rings is 1. The Morgan fingerprint density at radius 2 is 1.89 bits per heavy atom. The maximum Gasteiger partial charge on any atom is 0.313 e. The van der Waals surface area contributed by atoms with Crippen LogP contribution >= 0.6 is 0 Å². The summed E-state index contributed by atoms with van der Waals surface area (Å²) in [6, 6.07) is 7.69. The van der Waals surface area contributed by atoms with E-state index in [0.717, 1.165) is 11.3 Å². The smallest absolute Gasteiger partial charge is 0.313 e. The quantitative estimate of drug-likeness (QED) is 0.900. The lowest BCUT2D eigenvalue weighted by molar-refractivity contribution is 0.0989. The minimum Gasteiger partial charge on any atom is -0.417 e. The maximum atomic E-state index is 12.0. The van der Waals surface area contributed by atoms with E-state index in [2.05, 4.69) is 36.3 Å². The fraction of sp³-hybridized carbons (Fsp3) is 0.357. The van der Waals surface area contributed by atoms with Crippen LogP contribution in [0.2, 0.25) is 0 Å². The number of nitrogens with zero attached hydrogens (tertiary/aromatic N) is 2. The summed E-state index contributed by atoms with van der Waals surface area (Å²) in [6.45, 7) is 7.92. The van der Waals surface area contributed by atoms with Crippen LogP contribution in [0.4, 0.5) is 5.69 Å². The van der Waals surface area contributed by atoms with Gasteiger partial charge in [0.2, 0.25) is 5.89 Å². The van der Waals surface area contributed by atoms with E-state index >= 15 is 0 Å². The third kappa shape index (κ3) is 2.99. The van der Waals surface area contributed by atoms with E-state index in [9.17, 15) is 4.79 Å². The molecule has 1 N–H and O–H groups in total. The highest BCUT2D eigenvalue weighted by atomic mass is 16.4. The van der Waals surface area contributed by atoms with Crippen LogP contribution in [0.3, 0.4) is 0 Å². The summed E-state index contributed by atoms with van der Waals surface area (Å²) < 4.78 is 5.11. The topological polar surface area (TPSA) is 68.0 Å². The first kappa shape index (κ1) is 13.3. The molecule has 2 aromatic rings. The molecule has 0 aliphatic rings. The van der Waals surface area contributed by atoms with E-state index in [1.807, 2.05) is 24.3 Å². The Kier molecular flexibility index (Phi) is 3.38. The molecule has 0 fully saturated rings. The van der Waals surface area contributed by atoms with Crippen molar-refractivity contribution in [3.8, 4) is 0 Å². The summed E-state index contributed by atoms with van der Waals surface area (Å²) >= 11 is 0. The van der Waals surface area contributed by atoms with E-state index in [0.29, 0.717) is 5.89 Å². The average Bonchev–Trinajstić information content (AvgIpc) is 2.75. The van der Waals surface area contributed by atoms with E-state index in [1.54, 1.807) is 6.92 Å². The van der Waals surface area contributed by atoms with Crippen molar-refractivity contribution in [1.82, 2.24) is 10.2 Å². The Morgan fingerprint density at radius 3 is 2.47 bits per heavy atom. The van der Waals surface area contributed by atoms with Gasteiger partial charge in [-0.3, -0.25) is 4.79 Å². The summed E-state index contributed by atoms with van der Waals surface area (Å²) in [5.41, 5.74) is 1.75. The fourth-order valence-corrected chi connectivity index (χ4v) is 1.81. The average molecular weight is 259 g/mol. The number of anilines is 1. The molecule has 1 aromatic heterocycles. The van der Waals surface area contributed by atoms with Gasteiger partial charge < -0.3 is 9.73 Å². The van der Waals surface area contributed by atoms with Crippen LogP contribution in [0.1, 0.15) is 42.9 Å². The highest BCUT2D eigenvalue weighted by Gasteiger charge is 2.20. The molecule has 5 heteroatoms. The normalized spacial score (nSPS) is 11.4. The van der Waals surface area contributed by atoms with Gasteiger partial charge in [0.25, 0.3) is 0 Å². The Hall–Kier alpha value is -2.17. The summed E-state index contributed by atoms with van der Waals surface area (Å²) in [5, 5.41) is 10.2. The van der Waals surface area contributed by atoms with Gasteiger partial charge in [0, 0.05) is 12.6 Å². The van der Waals surface area contributed by atoms with Gasteiger partial charge in [-0.05, 0) is 17.0 Å². The van der Waals surface area contributed by atoms with Crippen LogP contribution in [0.5, 0.6) is 0 Å². The monoisotopic (exact) mass is 259 g/mol. The third-order valence-electron chi connectivity index (χ3n) is 2.70. The van der Waals surface area contributed by atoms with E-state index in [4.69, 9.17) is 4.42 Å². The number of hydrogen-bond acceptors (Lipinski definition) is 4. The van der Waals surface area contributed by atoms with Crippen molar-refractivity contribution >= 4 is 11.6 Å². The molecule has 0 spiro atoms. The highest BCUT2D eigenvalue weighted by molar-refractivity contribution is 6.01. The number of aromatic nitrogens is 2. The Bertz CT molecular complexity index is 597. The van der Waals surface area contributed by atoms with E-state index < -0.39 is 5.91 Å². The van der Waals surface area contributed by atoms with E-state index in [1.165, 1.54) is 0 Å². The SMILES string of the molecule is Cc1nnc(C(=O)Nc2ccccc2C(C)(C)C)o1. The highest BCUT2D eigenvalue weighted by Crippen LogP contribution is 2.29. The summed E-state index contributed by atoms with van der Waals surface area (Å²) in [6.07, 6.45) is 0. The van der Waals surface area contributed by atoms with Crippen LogP contribution < -0.4 is 5.32 Å². The molecule has 0 aliphatic heterocycles. The van der Waals surface area contributed by atoms with Crippen molar-refractivity contribution < 1.29 is 9.21 Å². The summed E-state index contributed by atoms with van der Waals surface area (Å²) in [5.74, 6) is -0.0484. The summed E-state index contributed by atoms with van der Waals surface area (Å²) in [7, 11) is 0. The summed E-state index contributed by atoms with van der Waals surface area (Å²) in [4.78, 5) is 12.0. The maximum absolute atomic E-state index is 12.0. The van der Waals surface area contributed by atoms with Gasteiger partial charge in [-0.2, -0.15) is 0 Å². The second-order valence-electron chi connectivity index (χ2n) is 5.38. The molecular weight excluding hydrogens is 242 g/mol. The zero-order valence-corrected chi connectivity index (χ0v) is 11.5. The number of para-hydroxylation sites is 1. The van der Waals surface area contributed by atoms with Gasteiger partial charge in [-0.15, -0.1) is 10.2 Å². The zero-order chi connectivity index (χ0) is 14.0. The van der Waals surface area contributed by atoms with Gasteiger partial charge in [0.1, 0.15) is 0 Å². The molecule has 0 bridgehead atoms. The molecule has 0 saturated carbocycles. The molecule has 1 amide bonds. The number of carbonyl (C=O) groups is 1. The number of amides is 1. The van der Waals surface area contributed by atoms with Gasteiger partial charge in [0.15, 0.2) is 0 Å². The first-order valence-corrected chi connectivity index (χ1v) is 6.09. The molecule has 0 aliphatic carbocycles. The van der Waals surface area contributed by atoms with Crippen molar-refractivity contribution in [3.63, 3.8) is 0 Å². The van der Waals surface area contributed by atoms with Crippen molar-refractivity contribution in [2.75, 3.05) is 5.32 Å². The van der Waals surface area contributed by atoms with Gasteiger partial charge in [0.05, 0.1) is 0 Å². The van der Waals surface area contributed by atoms with Crippen molar-refractivity contribution in [1.29, 1.82) is 0 Å². The first-order valence-electron chi connectivity index (χ1n) is 6.09. The Morgan fingerprint density at radius 1 is 1.21 bits per heavy atom. The molecular formula is C14H17N3O2. The number of rotatable bonds is 2. The molecule has 1 aromatic carbocycles. The predicted molar refractivity (Wildman–Crippen MR) is 72.1 cm³/mol. The number of carbonyl (C=O) groups excluding carboxylic acids is 1. The van der Waals surface area contributed by atoms with E-state index in [-0.39, 0.29) is 11.3 Å². The number of nitrogens with one attached hydrogen (secondary N) is 1. The van der Waals surface area contributed by atoms with Crippen LogP contribution in [-0.2, 0) is 5.41 Å². The molecule has 0 atom stereocenters. The molecule has 5 nitrogen and oxygen atoms in total. The lowest BCUT2D eigenvalue weighted by Gasteiger charge is -2.22. The standard InChI is InChI=1S/C14H17N3O2/c1-9-16-17-13(19-9)12(18)15-11-8-6-5-7-10(11)14(2,3)4/h5-8H,1-4H3,(H,15,18). The van der Waals surface area contributed by atoms with Crippen LogP contribution in [-0.4, -0.2) is 16.1 Å². The molecule has 0 unspecified atom stereocenters. The molecule has 0 radical (unpaired) electrons. The molecule has 0 saturated heterocycles. The van der Waals surface area contributed by atoms with Gasteiger partial charge in [-0.1, -0.05) is 39.0 Å². The predicted octanol–water partition coefficient (Wildman–Crippen LogP) is 2.93. The minimum absolute atomic E-state index is 0.0267. The van der Waals surface area contributed by atoms with Crippen molar-refractivity contribution in [2.45, 2.75) is 33.1 Å². The minimum atomic E-state index is -0.391. The van der Waals surface area contributed by atoms with Crippen molar-refractivity contribution in [2.24, 2.45) is 0 Å². The molecule has 2 rings (SSSR count). The molecule has 100 valence electrons.